The van der Waals surface area contributed by atoms with E-state index in [9.17, 15) is 0 Å². The van der Waals surface area contributed by atoms with Gasteiger partial charge in [-0.3, -0.25) is 4.99 Å². The largest absolute Gasteiger partial charge is 0.377 e. The molecule has 0 saturated carbocycles. The zero-order valence-electron chi connectivity index (χ0n) is 13.7. The molecule has 1 aliphatic heterocycles. The summed E-state index contributed by atoms with van der Waals surface area (Å²) in [5, 5.41) is 4.18. The third-order valence-electron chi connectivity index (χ3n) is 3.67. The number of ether oxygens (including phenoxy) is 1. The van der Waals surface area contributed by atoms with Crippen molar-refractivity contribution in [2.45, 2.75) is 19.4 Å². The fourth-order valence-corrected chi connectivity index (χ4v) is 2.71. The highest BCUT2D eigenvalue weighted by Crippen LogP contribution is 2.13. The molecule has 0 spiro atoms. The van der Waals surface area contributed by atoms with Gasteiger partial charge in [-0.2, -0.15) is 0 Å². The van der Waals surface area contributed by atoms with Crippen LogP contribution in [0.2, 0.25) is 5.02 Å². The van der Waals surface area contributed by atoms with Crippen LogP contribution in [0.25, 0.3) is 0 Å². The Hall–Kier alpha value is -0.790. The smallest absolute Gasteiger partial charge is 0.193 e. The van der Waals surface area contributed by atoms with Crippen molar-refractivity contribution >= 4 is 41.5 Å². The van der Waals surface area contributed by atoms with Crippen molar-refractivity contribution in [1.29, 1.82) is 0 Å². The molecule has 0 radical (unpaired) electrons. The van der Waals surface area contributed by atoms with Crippen molar-refractivity contribution in [3.63, 3.8) is 0 Å². The Bertz CT molecular complexity index is 548. The highest BCUT2D eigenvalue weighted by Gasteiger charge is 2.08. The van der Waals surface area contributed by atoms with Crippen molar-refractivity contribution < 1.29 is 4.74 Å². The molecule has 0 amide bonds. The fraction of sp³-hybridized carbons (Fsp3) is 0.471. The maximum absolute atomic E-state index is 6.03. The summed E-state index contributed by atoms with van der Waals surface area (Å²) in [6, 6.07) is 7.92. The van der Waals surface area contributed by atoms with E-state index in [2.05, 4.69) is 27.4 Å². The van der Waals surface area contributed by atoms with Gasteiger partial charge in [-0.25, -0.2) is 0 Å². The van der Waals surface area contributed by atoms with Crippen LogP contribution in [0.15, 0.2) is 40.9 Å². The minimum atomic E-state index is 0. The first-order chi connectivity index (χ1) is 10.7. The molecule has 128 valence electrons. The van der Waals surface area contributed by atoms with Gasteiger partial charge in [-0.15, -0.1) is 24.0 Å². The Kier molecular flexibility index (Phi) is 9.59. The number of guanidine groups is 1. The minimum absolute atomic E-state index is 0. The molecule has 0 aliphatic carbocycles. The Balaban J connectivity index is 0.00000264. The van der Waals surface area contributed by atoms with E-state index in [-0.39, 0.29) is 24.0 Å². The van der Waals surface area contributed by atoms with E-state index >= 15 is 0 Å². The van der Waals surface area contributed by atoms with Gasteiger partial charge in [-0.05, 0) is 30.5 Å². The Morgan fingerprint density at radius 2 is 2.26 bits per heavy atom. The van der Waals surface area contributed by atoms with Crippen molar-refractivity contribution in [3.8, 4) is 0 Å². The molecule has 4 nitrogen and oxygen atoms in total. The number of aliphatic imine (C=N–C) groups is 1. The van der Waals surface area contributed by atoms with E-state index in [1.807, 2.05) is 32.3 Å². The quantitative estimate of drug-likeness (QED) is 0.322. The summed E-state index contributed by atoms with van der Waals surface area (Å²) in [5.41, 5.74) is 2.64. The molecular weight excluding hydrogens is 425 g/mol. The van der Waals surface area contributed by atoms with Crippen LogP contribution in [-0.4, -0.2) is 44.7 Å². The number of halogens is 2. The highest BCUT2D eigenvalue weighted by atomic mass is 127. The third kappa shape index (κ3) is 7.10. The lowest BCUT2D eigenvalue weighted by atomic mass is 10.1. The summed E-state index contributed by atoms with van der Waals surface area (Å²) in [4.78, 5) is 6.44. The molecule has 0 unspecified atom stereocenters. The lowest BCUT2D eigenvalue weighted by Crippen LogP contribution is -2.39. The van der Waals surface area contributed by atoms with Crippen molar-refractivity contribution in [2.24, 2.45) is 4.99 Å². The Morgan fingerprint density at radius 3 is 2.91 bits per heavy atom. The van der Waals surface area contributed by atoms with Gasteiger partial charge in [-0.1, -0.05) is 35.4 Å². The van der Waals surface area contributed by atoms with Crippen LogP contribution in [0.4, 0.5) is 0 Å². The van der Waals surface area contributed by atoms with Gasteiger partial charge in [0.05, 0.1) is 13.2 Å². The van der Waals surface area contributed by atoms with Crippen LogP contribution < -0.4 is 5.32 Å². The summed E-state index contributed by atoms with van der Waals surface area (Å²) in [5.74, 6) is 0.896. The topological polar surface area (TPSA) is 36.9 Å². The first-order valence-corrected chi connectivity index (χ1v) is 7.98. The van der Waals surface area contributed by atoms with Gasteiger partial charge in [0.1, 0.15) is 0 Å². The van der Waals surface area contributed by atoms with Crippen LogP contribution in [0, 0.1) is 0 Å². The summed E-state index contributed by atoms with van der Waals surface area (Å²) < 4.78 is 5.32. The molecule has 2 rings (SSSR count). The molecule has 6 heteroatoms. The first kappa shape index (κ1) is 20.3. The number of nitrogens with zero attached hydrogens (tertiary/aromatic N) is 2. The van der Waals surface area contributed by atoms with E-state index in [0.717, 1.165) is 50.1 Å². The standard InChI is InChI=1S/C17H24ClN3O.HI/c1-19-17(20-9-6-14-7-10-22-11-8-14)21(2)13-15-4-3-5-16(18)12-15;/h3-5,7,12H,6,8-11,13H2,1-2H3,(H,19,20);1H. The van der Waals surface area contributed by atoms with Crippen molar-refractivity contribution in [3.05, 3.63) is 46.5 Å². The molecule has 1 N–H and O–H groups in total. The predicted octanol–water partition coefficient (Wildman–Crippen LogP) is 3.70. The summed E-state index contributed by atoms with van der Waals surface area (Å²) in [6.45, 7) is 3.25. The average Bonchev–Trinajstić information content (AvgIpc) is 2.52. The molecule has 0 atom stereocenters. The normalized spacial score (nSPS) is 14.7. The predicted molar refractivity (Wildman–Crippen MR) is 108 cm³/mol. The number of rotatable bonds is 5. The van der Waals surface area contributed by atoms with E-state index in [4.69, 9.17) is 16.3 Å². The van der Waals surface area contributed by atoms with Gasteiger partial charge in [0, 0.05) is 32.2 Å². The molecule has 1 aromatic carbocycles. The summed E-state index contributed by atoms with van der Waals surface area (Å²) in [6.07, 6.45) is 4.26. The Labute approximate surface area is 161 Å². The lowest BCUT2D eigenvalue weighted by Gasteiger charge is -2.23. The van der Waals surface area contributed by atoms with Crippen molar-refractivity contribution in [2.75, 3.05) is 33.9 Å². The zero-order chi connectivity index (χ0) is 15.8. The lowest BCUT2D eigenvalue weighted by molar-refractivity contribution is 0.153. The first-order valence-electron chi connectivity index (χ1n) is 7.61. The molecule has 1 aliphatic rings. The monoisotopic (exact) mass is 449 g/mol. The molecule has 0 aromatic heterocycles. The molecule has 1 aromatic rings. The van der Waals surface area contributed by atoms with Gasteiger partial charge in [0.2, 0.25) is 0 Å². The highest BCUT2D eigenvalue weighted by molar-refractivity contribution is 14.0. The van der Waals surface area contributed by atoms with Crippen LogP contribution >= 0.6 is 35.6 Å². The van der Waals surface area contributed by atoms with Crippen LogP contribution in [0.5, 0.6) is 0 Å². The van der Waals surface area contributed by atoms with E-state index in [1.54, 1.807) is 0 Å². The van der Waals surface area contributed by atoms with E-state index < -0.39 is 0 Å². The molecule has 23 heavy (non-hydrogen) atoms. The van der Waals surface area contributed by atoms with Crippen molar-refractivity contribution in [1.82, 2.24) is 10.2 Å². The third-order valence-corrected chi connectivity index (χ3v) is 3.90. The fourth-order valence-electron chi connectivity index (χ4n) is 2.50. The maximum atomic E-state index is 6.03. The van der Waals surface area contributed by atoms with Gasteiger partial charge in [0.25, 0.3) is 0 Å². The van der Waals surface area contributed by atoms with E-state index in [1.165, 1.54) is 11.1 Å². The molecular formula is C17H25ClIN3O. The number of hydrogen-bond donors (Lipinski definition) is 1. The molecule has 0 bridgehead atoms. The Morgan fingerprint density at radius 1 is 1.43 bits per heavy atom. The number of nitrogens with one attached hydrogen (secondary N) is 1. The SMILES string of the molecule is CN=C(NCCC1=CCOCC1)N(C)Cc1cccc(Cl)c1.I. The average molecular weight is 450 g/mol. The van der Waals surface area contributed by atoms with Crippen LogP contribution in [0.3, 0.4) is 0 Å². The molecule has 0 fully saturated rings. The second-order valence-electron chi connectivity index (χ2n) is 5.40. The summed E-state index contributed by atoms with van der Waals surface area (Å²) in [7, 11) is 3.84. The van der Waals surface area contributed by atoms with E-state index in [0.29, 0.717) is 0 Å². The van der Waals surface area contributed by atoms with Gasteiger partial charge in [0.15, 0.2) is 5.96 Å². The summed E-state index contributed by atoms with van der Waals surface area (Å²) >= 11 is 6.03. The van der Waals surface area contributed by atoms with Gasteiger partial charge < -0.3 is 15.0 Å². The zero-order valence-corrected chi connectivity index (χ0v) is 16.8. The number of hydrogen-bond acceptors (Lipinski definition) is 2. The van der Waals surface area contributed by atoms with Gasteiger partial charge >= 0.3 is 0 Å². The minimum Gasteiger partial charge on any atom is -0.377 e. The second kappa shape index (κ2) is 10.9. The molecule has 0 saturated heterocycles. The van der Waals surface area contributed by atoms with Crippen LogP contribution in [0.1, 0.15) is 18.4 Å². The number of benzene rings is 1. The van der Waals surface area contributed by atoms with Crippen LogP contribution in [-0.2, 0) is 11.3 Å². The second-order valence-corrected chi connectivity index (χ2v) is 5.83. The molecule has 1 heterocycles. The maximum Gasteiger partial charge on any atom is 0.193 e.